The number of hydrogen-bond acceptors (Lipinski definition) is 6. The minimum atomic E-state index is -1.62. The van der Waals surface area contributed by atoms with E-state index in [-0.39, 0.29) is 11.5 Å². The van der Waals surface area contributed by atoms with Crippen molar-refractivity contribution in [2.24, 2.45) is 0 Å². The Labute approximate surface area is 181 Å². The van der Waals surface area contributed by atoms with Crippen molar-refractivity contribution in [3.05, 3.63) is 77.9 Å². The number of carbonyl (C=O) groups is 2. The van der Waals surface area contributed by atoms with E-state index in [1.165, 1.54) is 38.3 Å². The molecule has 1 aromatic heterocycles. The second-order valence-electron chi connectivity index (χ2n) is 6.83. The van der Waals surface area contributed by atoms with Crippen molar-refractivity contribution in [2.45, 2.75) is 6.92 Å². The van der Waals surface area contributed by atoms with E-state index in [0.29, 0.717) is 43.2 Å². The van der Waals surface area contributed by atoms with Gasteiger partial charge in [-0.05, 0) is 71.4 Å². The van der Waals surface area contributed by atoms with Crippen LogP contribution in [0.1, 0.15) is 22.8 Å². The zero-order valence-electron chi connectivity index (χ0n) is 16.7. The molecule has 0 radical (unpaired) electrons. The number of ketones is 1. The van der Waals surface area contributed by atoms with Crippen molar-refractivity contribution in [3.63, 3.8) is 0 Å². The number of ether oxygens (including phenoxy) is 2. The number of phenols is 1. The van der Waals surface area contributed by atoms with Crippen molar-refractivity contribution >= 4 is 32.6 Å². The third-order valence-electron chi connectivity index (χ3n) is 4.80. The van der Waals surface area contributed by atoms with Gasteiger partial charge in [-0.3, -0.25) is 9.59 Å². The normalized spacial score (nSPS) is 11.4. The maximum atomic E-state index is 13.4. The minimum absolute atomic E-state index is 0.0481. The molecule has 1 unspecified atom stereocenters. The maximum Gasteiger partial charge on any atom is 0.308 e. The molecule has 1 N–H and O–H groups in total. The van der Waals surface area contributed by atoms with Crippen LogP contribution >= 0.6 is 10.8 Å². The molecule has 0 saturated heterocycles. The largest absolute Gasteiger partial charge is 0.590 e. The molecule has 7 heteroatoms. The number of rotatable bonds is 5. The highest BCUT2D eigenvalue weighted by molar-refractivity contribution is 7.35. The monoisotopic (exact) mass is 434 g/mol. The standard InChI is InChI=1S/C24H18O6S/c1-14(25)30-18-9-5-16(6-10-18)24-22(23(27)15-3-7-17(26)8-4-15)20-12-11-19(29-2)13-21(20)31(24)28/h3-13,26H,1-2H3. The zero-order chi connectivity index (χ0) is 22.1. The van der Waals surface area contributed by atoms with Gasteiger partial charge in [-0.25, -0.2) is 0 Å². The number of carbonyl (C=O) groups excluding carboxylic acids is 2. The molecule has 0 amide bonds. The first-order valence-electron chi connectivity index (χ1n) is 9.36. The van der Waals surface area contributed by atoms with Crippen LogP contribution in [0.25, 0.3) is 20.5 Å². The second-order valence-corrected chi connectivity index (χ2v) is 8.21. The van der Waals surface area contributed by atoms with Gasteiger partial charge in [0.05, 0.1) is 18.1 Å². The van der Waals surface area contributed by atoms with Gasteiger partial charge in [-0.15, -0.1) is 0 Å². The van der Waals surface area contributed by atoms with Crippen molar-refractivity contribution in [3.8, 4) is 27.7 Å². The summed E-state index contributed by atoms with van der Waals surface area (Å²) in [6.45, 7) is 1.31. The number of benzene rings is 3. The minimum Gasteiger partial charge on any atom is -0.590 e. The first kappa shape index (κ1) is 20.6. The van der Waals surface area contributed by atoms with Gasteiger partial charge in [-0.2, -0.15) is 0 Å². The molecular weight excluding hydrogens is 416 g/mol. The molecule has 31 heavy (non-hydrogen) atoms. The molecule has 0 spiro atoms. The Balaban J connectivity index is 1.93. The van der Waals surface area contributed by atoms with Crippen LogP contribution in [-0.2, 0) is 4.79 Å². The Morgan fingerprint density at radius 2 is 1.58 bits per heavy atom. The number of esters is 1. The highest BCUT2D eigenvalue weighted by atomic mass is 32.2. The molecule has 4 rings (SSSR count). The summed E-state index contributed by atoms with van der Waals surface area (Å²) in [5.74, 6) is 0.184. The van der Waals surface area contributed by atoms with Gasteiger partial charge in [0.15, 0.2) is 15.4 Å². The molecule has 0 fully saturated rings. The quantitative estimate of drug-likeness (QED) is 0.203. The van der Waals surface area contributed by atoms with E-state index in [0.717, 1.165) is 0 Å². The molecule has 0 aliphatic rings. The van der Waals surface area contributed by atoms with E-state index in [2.05, 4.69) is 0 Å². The highest BCUT2D eigenvalue weighted by Gasteiger charge is 2.30. The predicted octanol–water partition coefficient (Wildman–Crippen LogP) is 5.10. The van der Waals surface area contributed by atoms with E-state index < -0.39 is 16.7 Å². The third-order valence-corrected chi connectivity index (χ3v) is 6.35. The summed E-state index contributed by atoms with van der Waals surface area (Å²) in [7, 11) is -0.105. The number of hydrogen-bond donors (Lipinski definition) is 1. The predicted molar refractivity (Wildman–Crippen MR) is 117 cm³/mol. The number of methoxy groups -OCH3 is 1. The zero-order valence-corrected chi connectivity index (χ0v) is 17.6. The second kappa shape index (κ2) is 8.22. The Morgan fingerprint density at radius 1 is 0.935 bits per heavy atom. The molecule has 1 atom stereocenters. The fraction of sp³-hybridized carbons (Fsp3) is 0.0833. The Bertz CT molecular complexity index is 1290. The molecule has 3 aromatic carbocycles. The van der Waals surface area contributed by atoms with Crippen molar-refractivity contribution < 1.29 is 28.7 Å². The molecule has 1 heterocycles. The van der Waals surface area contributed by atoms with E-state index in [4.69, 9.17) is 9.47 Å². The van der Waals surface area contributed by atoms with Gasteiger partial charge >= 0.3 is 5.97 Å². The van der Waals surface area contributed by atoms with E-state index in [9.17, 15) is 19.2 Å². The highest BCUT2D eigenvalue weighted by Crippen LogP contribution is 2.47. The fourth-order valence-corrected chi connectivity index (χ4v) is 4.94. The average Bonchev–Trinajstić information content (AvgIpc) is 3.05. The Hall–Kier alpha value is -3.68. The first-order chi connectivity index (χ1) is 14.9. The molecule has 0 bridgehead atoms. The Kier molecular flexibility index (Phi) is 5.46. The Morgan fingerprint density at radius 3 is 2.19 bits per heavy atom. The van der Waals surface area contributed by atoms with Crippen LogP contribution in [0.5, 0.6) is 17.2 Å². The van der Waals surface area contributed by atoms with E-state index >= 15 is 0 Å². The van der Waals surface area contributed by atoms with Gasteiger partial charge < -0.3 is 19.1 Å². The average molecular weight is 434 g/mol. The molecule has 156 valence electrons. The summed E-state index contributed by atoms with van der Waals surface area (Å²) in [6.07, 6.45) is 0. The van der Waals surface area contributed by atoms with E-state index in [1.54, 1.807) is 42.5 Å². The van der Waals surface area contributed by atoms with Crippen LogP contribution in [0.15, 0.2) is 66.7 Å². The van der Waals surface area contributed by atoms with Crippen LogP contribution in [0, 0.1) is 0 Å². The van der Waals surface area contributed by atoms with Gasteiger partial charge in [0.2, 0.25) is 0 Å². The number of aromatic hydroxyl groups is 1. The SMILES string of the molecule is COc1ccc2c(C(=O)c3ccc(O)cc3)c(-c3ccc(OC(C)=O)cc3)[s+]([O-])c2c1. The van der Waals surface area contributed by atoms with Crippen LogP contribution < -0.4 is 9.47 Å². The first-order valence-corrected chi connectivity index (χ1v) is 10.5. The molecule has 4 aromatic rings. The lowest BCUT2D eigenvalue weighted by Gasteiger charge is -2.05. The van der Waals surface area contributed by atoms with Crippen LogP contribution in [0.3, 0.4) is 0 Å². The summed E-state index contributed by atoms with van der Waals surface area (Å²) < 4.78 is 24.3. The summed E-state index contributed by atoms with van der Waals surface area (Å²) in [6, 6.07) is 17.5. The maximum absolute atomic E-state index is 13.4. The molecule has 0 saturated carbocycles. The molecular formula is C24H18O6S. The van der Waals surface area contributed by atoms with E-state index in [1.807, 2.05) is 0 Å². The van der Waals surface area contributed by atoms with Crippen LogP contribution in [-0.4, -0.2) is 28.5 Å². The van der Waals surface area contributed by atoms with Crippen molar-refractivity contribution in [1.29, 1.82) is 0 Å². The van der Waals surface area contributed by atoms with Gasteiger partial charge in [-0.1, -0.05) is 0 Å². The summed E-state index contributed by atoms with van der Waals surface area (Å²) in [4.78, 5) is 25.0. The molecule has 0 aliphatic carbocycles. The number of fused-ring (bicyclic) bond motifs is 1. The summed E-state index contributed by atoms with van der Waals surface area (Å²) in [5.41, 5.74) is 1.26. The smallest absolute Gasteiger partial charge is 0.308 e. The molecule has 6 nitrogen and oxygen atoms in total. The lowest BCUT2D eigenvalue weighted by molar-refractivity contribution is -0.131. The van der Waals surface area contributed by atoms with Crippen molar-refractivity contribution in [2.75, 3.05) is 7.11 Å². The van der Waals surface area contributed by atoms with Gasteiger partial charge in [0.1, 0.15) is 17.2 Å². The summed E-state index contributed by atoms with van der Waals surface area (Å²) in [5, 5.41) is 10.1. The number of phenolic OH excluding ortho intramolecular Hbond substituents is 1. The molecule has 0 aliphatic heterocycles. The van der Waals surface area contributed by atoms with Crippen molar-refractivity contribution in [1.82, 2.24) is 0 Å². The van der Waals surface area contributed by atoms with Gasteiger partial charge in [0.25, 0.3) is 0 Å². The van der Waals surface area contributed by atoms with Crippen LogP contribution in [0.2, 0.25) is 0 Å². The van der Waals surface area contributed by atoms with Gasteiger partial charge in [0, 0.05) is 24.1 Å². The fourth-order valence-electron chi connectivity index (χ4n) is 3.39. The topological polar surface area (TPSA) is 95.9 Å². The number of thiophene rings is 1. The lowest BCUT2D eigenvalue weighted by Crippen LogP contribution is -2.02. The summed E-state index contributed by atoms with van der Waals surface area (Å²) >= 11 is 0. The van der Waals surface area contributed by atoms with Crippen LogP contribution in [0.4, 0.5) is 0 Å². The third kappa shape index (κ3) is 3.88. The lowest BCUT2D eigenvalue weighted by atomic mass is 9.97.